The summed E-state index contributed by atoms with van der Waals surface area (Å²) in [6.07, 6.45) is 5.91. The number of nitrogens with zero attached hydrogens (tertiary/aromatic N) is 3. The van der Waals surface area contributed by atoms with E-state index in [0.717, 1.165) is 17.6 Å². The summed E-state index contributed by atoms with van der Waals surface area (Å²) in [6.45, 7) is 0. The van der Waals surface area contributed by atoms with Crippen molar-refractivity contribution in [2.75, 3.05) is 0 Å². The van der Waals surface area contributed by atoms with Gasteiger partial charge in [-0.15, -0.1) is 0 Å². The number of aromatic nitrogens is 5. The first-order valence-corrected chi connectivity index (χ1v) is 8.42. The molecule has 2 N–H and O–H groups in total. The van der Waals surface area contributed by atoms with Crippen LogP contribution in [-0.4, -0.2) is 24.6 Å². The van der Waals surface area contributed by atoms with Crippen molar-refractivity contribution in [1.29, 1.82) is 0 Å². The lowest BCUT2D eigenvalue weighted by molar-refractivity contribution is 0.906. The zero-order valence-corrected chi connectivity index (χ0v) is 13.7. The quantitative estimate of drug-likeness (QED) is 0.594. The molecule has 26 heavy (non-hydrogen) atoms. The number of aromatic amines is 2. The lowest BCUT2D eigenvalue weighted by Crippen LogP contribution is -2.23. The normalized spacial score (nSPS) is 18.9. The Balaban J connectivity index is 1.63. The van der Waals surface area contributed by atoms with Gasteiger partial charge in [0.15, 0.2) is 5.65 Å². The molecule has 1 aliphatic carbocycles. The molecule has 7 heteroatoms. The van der Waals surface area contributed by atoms with Crippen molar-refractivity contribution in [1.82, 2.24) is 24.6 Å². The molecule has 1 aromatic carbocycles. The maximum Gasteiger partial charge on any atom is 0.325 e. The van der Waals surface area contributed by atoms with E-state index in [-0.39, 0.29) is 0 Å². The Labute approximate surface area is 147 Å². The van der Waals surface area contributed by atoms with Crippen LogP contribution in [0.2, 0.25) is 0 Å². The second-order valence-electron chi connectivity index (χ2n) is 6.53. The molecule has 5 rings (SSSR count). The summed E-state index contributed by atoms with van der Waals surface area (Å²) in [4.78, 5) is 32.6. The predicted molar refractivity (Wildman–Crippen MR) is 96.2 cm³/mol. The lowest BCUT2D eigenvalue weighted by atomic mass is 10.0. The minimum Gasteiger partial charge on any atom is -0.313 e. The number of benzene rings is 1. The smallest absolute Gasteiger partial charge is 0.313 e. The van der Waals surface area contributed by atoms with Gasteiger partial charge in [0.2, 0.25) is 0 Å². The number of fused-ring (bicyclic) bond motifs is 1. The molecule has 4 aromatic rings. The number of H-pyrrole nitrogens is 2. The van der Waals surface area contributed by atoms with Crippen molar-refractivity contribution < 1.29 is 0 Å². The van der Waals surface area contributed by atoms with Crippen molar-refractivity contribution >= 4 is 5.65 Å². The Morgan fingerprint density at radius 1 is 1.12 bits per heavy atom. The van der Waals surface area contributed by atoms with Crippen molar-refractivity contribution in [3.8, 4) is 11.3 Å². The van der Waals surface area contributed by atoms with Gasteiger partial charge in [-0.3, -0.25) is 9.78 Å². The molecule has 0 spiro atoms. The van der Waals surface area contributed by atoms with Crippen LogP contribution in [0.4, 0.5) is 0 Å². The third-order valence-corrected chi connectivity index (χ3v) is 4.90. The van der Waals surface area contributed by atoms with Gasteiger partial charge in [-0.05, 0) is 29.9 Å². The Kier molecular flexibility index (Phi) is 3.15. The number of imidazole rings is 1. The van der Waals surface area contributed by atoms with E-state index in [2.05, 4.69) is 32.2 Å². The highest BCUT2D eigenvalue weighted by Crippen LogP contribution is 2.55. The standard InChI is InChI=1S/C19H15N5O2/c25-18-15(10-21-19(26)22-18)16-9-14(17-20-6-7-24(17)23-16)13-8-12(13)11-4-2-1-3-5-11/h1-7,9-10,12-13H,8H2,(H2,21,22,25,26). The molecule has 0 saturated heterocycles. The first kappa shape index (κ1) is 14.8. The maximum atomic E-state index is 12.2. The zero-order chi connectivity index (χ0) is 17.7. The van der Waals surface area contributed by atoms with Gasteiger partial charge in [0.1, 0.15) is 0 Å². The fraction of sp³-hybridized carbons (Fsp3) is 0.158. The Morgan fingerprint density at radius 2 is 1.96 bits per heavy atom. The molecule has 3 heterocycles. The molecule has 0 amide bonds. The van der Waals surface area contributed by atoms with E-state index in [1.165, 1.54) is 11.8 Å². The van der Waals surface area contributed by atoms with Crippen LogP contribution in [-0.2, 0) is 0 Å². The molecular weight excluding hydrogens is 330 g/mol. The highest BCUT2D eigenvalue weighted by Gasteiger charge is 2.41. The van der Waals surface area contributed by atoms with Crippen LogP contribution in [0.15, 0.2) is 64.6 Å². The molecule has 7 nitrogen and oxygen atoms in total. The fourth-order valence-corrected chi connectivity index (χ4v) is 3.55. The summed E-state index contributed by atoms with van der Waals surface area (Å²) in [7, 11) is 0. The summed E-state index contributed by atoms with van der Waals surface area (Å²) in [5, 5.41) is 4.48. The van der Waals surface area contributed by atoms with E-state index in [0.29, 0.717) is 23.1 Å². The van der Waals surface area contributed by atoms with E-state index < -0.39 is 11.2 Å². The average Bonchev–Trinajstić information content (AvgIpc) is 3.30. The van der Waals surface area contributed by atoms with E-state index in [1.54, 1.807) is 16.9 Å². The molecule has 0 aliphatic heterocycles. The maximum absolute atomic E-state index is 12.2. The Morgan fingerprint density at radius 3 is 2.77 bits per heavy atom. The van der Waals surface area contributed by atoms with Gasteiger partial charge < -0.3 is 4.98 Å². The van der Waals surface area contributed by atoms with Crippen LogP contribution >= 0.6 is 0 Å². The van der Waals surface area contributed by atoms with Gasteiger partial charge in [-0.2, -0.15) is 5.10 Å². The Hall–Kier alpha value is -3.48. The summed E-state index contributed by atoms with van der Waals surface area (Å²) in [6, 6.07) is 12.3. The second-order valence-corrected chi connectivity index (χ2v) is 6.53. The topological polar surface area (TPSA) is 95.9 Å². The highest BCUT2D eigenvalue weighted by atomic mass is 16.2. The monoisotopic (exact) mass is 345 g/mol. The number of hydrogen-bond acceptors (Lipinski definition) is 4. The SMILES string of the molecule is O=c1[nH]cc(-c2cc(C3CC3c3ccccc3)c3nccn3n2)c(=O)[nH]1. The van der Waals surface area contributed by atoms with Crippen molar-refractivity contribution in [2.45, 2.75) is 18.3 Å². The first-order chi connectivity index (χ1) is 12.7. The molecular formula is C19H15N5O2. The molecule has 128 valence electrons. The minimum absolute atomic E-state index is 0.332. The van der Waals surface area contributed by atoms with Gasteiger partial charge in [0.05, 0.1) is 11.3 Å². The largest absolute Gasteiger partial charge is 0.325 e. The van der Waals surface area contributed by atoms with Gasteiger partial charge in [0, 0.05) is 24.2 Å². The van der Waals surface area contributed by atoms with Crippen molar-refractivity contribution in [3.05, 3.63) is 87.0 Å². The average molecular weight is 345 g/mol. The van der Waals surface area contributed by atoms with Gasteiger partial charge in [-0.25, -0.2) is 14.3 Å². The first-order valence-electron chi connectivity index (χ1n) is 8.42. The molecule has 3 aromatic heterocycles. The number of hydrogen-bond donors (Lipinski definition) is 2. The molecule has 1 fully saturated rings. The van der Waals surface area contributed by atoms with Crippen LogP contribution in [0.25, 0.3) is 16.9 Å². The van der Waals surface area contributed by atoms with Gasteiger partial charge in [0.25, 0.3) is 5.56 Å². The predicted octanol–water partition coefficient (Wildman–Crippen LogP) is 2.04. The third kappa shape index (κ3) is 2.36. The van der Waals surface area contributed by atoms with Crippen LogP contribution in [0, 0.1) is 0 Å². The van der Waals surface area contributed by atoms with E-state index in [9.17, 15) is 9.59 Å². The van der Waals surface area contributed by atoms with Crippen LogP contribution < -0.4 is 11.2 Å². The molecule has 1 aliphatic rings. The summed E-state index contributed by atoms with van der Waals surface area (Å²) in [5.41, 5.74) is 3.04. The van der Waals surface area contributed by atoms with Crippen LogP contribution in [0.1, 0.15) is 29.4 Å². The second kappa shape index (κ2) is 5.52. The molecule has 0 radical (unpaired) electrons. The Bertz CT molecular complexity index is 1220. The third-order valence-electron chi connectivity index (χ3n) is 4.90. The molecule has 1 saturated carbocycles. The molecule has 2 atom stereocenters. The lowest BCUT2D eigenvalue weighted by Gasteiger charge is -2.07. The number of rotatable bonds is 3. The minimum atomic E-state index is -0.533. The van der Waals surface area contributed by atoms with Gasteiger partial charge >= 0.3 is 5.69 Å². The summed E-state index contributed by atoms with van der Waals surface area (Å²) in [5.74, 6) is 0.784. The van der Waals surface area contributed by atoms with E-state index >= 15 is 0 Å². The van der Waals surface area contributed by atoms with E-state index in [1.807, 2.05) is 24.3 Å². The summed E-state index contributed by atoms with van der Waals surface area (Å²) >= 11 is 0. The van der Waals surface area contributed by atoms with Gasteiger partial charge in [-0.1, -0.05) is 30.3 Å². The fourth-order valence-electron chi connectivity index (χ4n) is 3.55. The van der Waals surface area contributed by atoms with Crippen LogP contribution in [0.5, 0.6) is 0 Å². The highest BCUT2D eigenvalue weighted by molar-refractivity contribution is 5.63. The van der Waals surface area contributed by atoms with Crippen LogP contribution in [0.3, 0.4) is 0 Å². The van der Waals surface area contributed by atoms with Crippen molar-refractivity contribution in [2.24, 2.45) is 0 Å². The van der Waals surface area contributed by atoms with E-state index in [4.69, 9.17) is 0 Å². The summed E-state index contributed by atoms with van der Waals surface area (Å²) < 4.78 is 1.69. The van der Waals surface area contributed by atoms with Crippen molar-refractivity contribution in [3.63, 3.8) is 0 Å². The molecule has 0 bridgehead atoms. The zero-order valence-electron chi connectivity index (χ0n) is 13.7. The molecule has 2 unspecified atom stereocenters. The number of nitrogens with one attached hydrogen (secondary N) is 2.